The summed E-state index contributed by atoms with van der Waals surface area (Å²) < 4.78 is 29.0. The lowest BCUT2D eigenvalue weighted by Gasteiger charge is -2.30. The molecule has 0 aromatic carbocycles. The summed E-state index contributed by atoms with van der Waals surface area (Å²) in [5.41, 5.74) is 0. The summed E-state index contributed by atoms with van der Waals surface area (Å²) in [6.45, 7) is 2.43. The van der Waals surface area contributed by atoms with E-state index in [4.69, 9.17) is 13.8 Å². The van der Waals surface area contributed by atoms with E-state index in [-0.39, 0.29) is 19.1 Å². The summed E-state index contributed by atoms with van der Waals surface area (Å²) in [5.74, 6) is -0.436. The van der Waals surface area contributed by atoms with Crippen LogP contribution < -0.4 is 4.89 Å². The smallest absolute Gasteiger partial charge is 0.308 e. The van der Waals surface area contributed by atoms with Crippen molar-refractivity contribution < 1.29 is 32.5 Å². The van der Waals surface area contributed by atoms with Gasteiger partial charge in [-0.25, -0.2) is 0 Å². The maximum atomic E-state index is 12.6. The van der Waals surface area contributed by atoms with Gasteiger partial charge in [0.1, 0.15) is 19.3 Å². The maximum absolute atomic E-state index is 12.6. The Morgan fingerprint density at radius 2 is 1.43 bits per heavy atom. The van der Waals surface area contributed by atoms with Crippen LogP contribution in [0.5, 0.6) is 0 Å². The molecule has 0 radical (unpaired) electrons. The van der Waals surface area contributed by atoms with Crippen molar-refractivity contribution in [1.29, 1.82) is 0 Å². The fourth-order valence-electron chi connectivity index (χ4n) is 4.22. The van der Waals surface area contributed by atoms with Crippen molar-refractivity contribution in [3.8, 4) is 0 Å². The van der Waals surface area contributed by atoms with Gasteiger partial charge in [0, 0.05) is 6.42 Å². The molecule has 0 aromatic heterocycles. The van der Waals surface area contributed by atoms with Crippen LogP contribution in [0, 0.1) is 0 Å². The van der Waals surface area contributed by atoms with Crippen molar-refractivity contribution in [3.63, 3.8) is 0 Å². The molecule has 3 atom stereocenters. The van der Waals surface area contributed by atoms with Gasteiger partial charge in [0.2, 0.25) is 0 Å². The van der Waals surface area contributed by atoms with Gasteiger partial charge in [0.05, 0.1) is 33.7 Å². The number of quaternary nitrogens is 1. The first-order valence-corrected chi connectivity index (χ1v) is 16.0. The number of hydrogen-bond donors (Lipinski definition) is 0. The lowest BCUT2D eigenvalue weighted by molar-refractivity contribution is -0.870. The van der Waals surface area contributed by atoms with Crippen LogP contribution >= 0.6 is 7.82 Å². The molecule has 1 heterocycles. The maximum Gasteiger partial charge on any atom is 0.308 e. The molecular formula is C29H54NO6P. The molecule has 8 heteroatoms. The van der Waals surface area contributed by atoms with E-state index in [2.05, 4.69) is 18.2 Å². The molecule has 0 aliphatic carbocycles. The summed E-state index contributed by atoms with van der Waals surface area (Å²) in [4.78, 5) is 25.0. The largest absolute Gasteiger partial charge is 0.756 e. The number of esters is 1. The first-order chi connectivity index (χ1) is 17.6. The van der Waals surface area contributed by atoms with E-state index in [0.717, 1.165) is 32.1 Å². The van der Waals surface area contributed by atoms with Crippen molar-refractivity contribution in [2.75, 3.05) is 34.3 Å². The second kappa shape index (κ2) is 20.0. The first-order valence-electron chi connectivity index (χ1n) is 14.5. The second-order valence-corrected chi connectivity index (χ2v) is 12.8. The molecule has 0 spiro atoms. The molecular weight excluding hydrogens is 489 g/mol. The number of likely N-dealkylation sites (N-methyl/N-ethyl adjacent to an activating group) is 1. The lowest BCUT2D eigenvalue weighted by Crippen LogP contribution is -2.37. The highest BCUT2D eigenvalue weighted by Crippen LogP contribution is 2.41. The highest BCUT2D eigenvalue weighted by atomic mass is 31.2. The van der Waals surface area contributed by atoms with Gasteiger partial charge in [0.25, 0.3) is 7.82 Å². The Bertz CT molecular complexity index is 703. The van der Waals surface area contributed by atoms with Gasteiger partial charge in [-0.15, -0.1) is 0 Å². The number of phosphoric acid groups is 1. The van der Waals surface area contributed by atoms with Gasteiger partial charge >= 0.3 is 5.97 Å². The minimum Gasteiger partial charge on any atom is -0.756 e. The van der Waals surface area contributed by atoms with Crippen LogP contribution in [0.25, 0.3) is 0 Å². The van der Waals surface area contributed by atoms with Crippen molar-refractivity contribution in [2.24, 2.45) is 0 Å². The minimum absolute atomic E-state index is 0.0423. The number of rotatable bonds is 6. The van der Waals surface area contributed by atoms with Gasteiger partial charge in [-0.3, -0.25) is 9.36 Å². The summed E-state index contributed by atoms with van der Waals surface area (Å²) in [5, 5.41) is 0. The van der Waals surface area contributed by atoms with Crippen LogP contribution in [0.1, 0.15) is 110 Å². The van der Waals surface area contributed by atoms with Gasteiger partial charge in [-0.05, 0) is 39.0 Å². The number of carbonyl (C=O) groups excluding carboxylic acids is 1. The van der Waals surface area contributed by atoms with Gasteiger partial charge < -0.3 is 23.2 Å². The van der Waals surface area contributed by atoms with Gasteiger partial charge in [-0.2, -0.15) is 0 Å². The average Bonchev–Trinajstić information content (AvgIpc) is 2.78. The van der Waals surface area contributed by atoms with Crippen LogP contribution in [0.4, 0.5) is 0 Å². The van der Waals surface area contributed by atoms with Gasteiger partial charge in [0.15, 0.2) is 0 Å². The Hall–Kier alpha value is -0.980. The minimum atomic E-state index is -4.51. The topological polar surface area (TPSA) is 84.9 Å². The van der Waals surface area contributed by atoms with Crippen molar-refractivity contribution in [1.82, 2.24) is 0 Å². The van der Waals surface area contributed by atoms with E-state index < -0.39 is 19.9 Å². The van der Waals surface area contributed by atoms with E-state index >= 15 is 0 Å². The van der Waals surface area contributed by atoms with Crippen molar-refractivity contribution >= 4 is 13.8 Å². The molecule has 0 N–H and O–H groups in total. The third-order valence-corrected chi connectivity index (χ3v) is 7.52. The number of hydrogen-bond acceptors (Lipinski definition) is 6. The van der Waals surface area contributed by atoms with E-state index in [1.165, 1.54) is 51.4 Å². The molecule has 1 unspecified atom stereocenters. The number of nitrogens with zero attached hydrogens (tertiary/aromatic N) is 1. The number of phosphoric ester groups is 1. The van der Waals surface area contributed by atoms with E-state index in [0.29, 0.717) is 23.9 Å². The number of carbonyl (C=O) groups is 1. The van der Waals surface area contributed by atoms with E-state index in [1.54, 1.807) is 0 Å². The molecule has 1 rings (SSSR count). The number of cyclic esters (lactones) is 1. The monoisotopic (exact) mass is 543 g/mol. The zero-order valence-corrected chi connectivity index (χ0v) is 24.9. The Labute approximate surface area is 226 Å². The van der Waals surface area contributed by atoms with Gasteiger partial charge in [-0.1, -0.05) is 82.1 Å². The Morgan fingerprint density at radius 1 is 0.892 bits per heavy atom. The molecule has 0 aromatic rings. The number of ether oxygens (including phenoxy) is 1. The van der Waals surface area contributed by atoms with Crippen LogP contribution in [-0.2, 0) is 23.1 Å². The highest BCUT2D eigenvalue weighted by Gasteiger charge is 2.23. The third-order valence-electron chi connectivity index (χ3n) is 6.46. The predicted molar refractivity (Wildman–Crippen MR) is 149 cm³/mol. The average molecular weight is 544 g/mol. The fourth-order valence-corrected chi connectivity index (χ4v) is 5.13. The standard InChI is InChI=1S/C29H54NO6P/c1-27-22-20-18-16-14-12-10-8-6-5-7-9-11-13-15-17-19-21-23-28(26-29(31)35-27)36-37(32,33)34-25-24-30(2,3)4/h10,12,18,20,27-28H,5-9,11,13-17,19,21-26H2,1-4H3/b12-10-,20-18+/t27-,28+/m1/s1. The third kappa shape index (κ3) is 21.6. The normalized spacial score (nSPS) is 26.8. The zero-order chi connectivity index (χ0) is 27.4. The number of allylic oxidation sites excluding steroid dienone is 3. The second-order valence-electron chi connectivity index (χ2n) is 11.4. The quantitative estimate of drug-likeness (QED) is 0.157. The zero-order valence-electron chi connectivity index (χ0n) is 24.0. The summed E-state index contributed by atoms with van der Waals surface area (Å²) >= 11 is 0. The summed E-state index contributed by atoms with van der Waals surface area (Å²) in [7, 11) is 1.37. The van der Waals surface area contributed by atoms with Crippen molar-refractivity contribution in [3.05, 3.63) is 24.3 Å². The molecule has 7 nitrogen and oxygen atoms in total. The van der Waals surface area contributed by atoms with Crippen LogP contribution in [0.3, 0.4) is 0 Å². The molecule has 0 saturated carbocycles. The first kappa shape index (κ1) is 34.0. The fraction of sp³-hybridized carbons (Fsp3) is 0.828. The van der Waals surface area contributed by atoms with Crippen LogP contribution in [-0.4, -0.2) is 57.0 Å². The lowest BCUT2D eigenvalue weighted by atomic mass is 10.0. The predicted octanol–water partition coefficient (Wildman–Crippen LogP) is 6.86. The Kier molecular flexibility index (Phi) is 18.4. The molecule has 216 valence electrons. The molecule has 0 bridgehead atoms. The molecule has 0 fully saturated rings. The van der Waals surface area contributed by atoms with E-state index in [1.807, 2.05) is 34.1 Å². The highest BCUT2D eigenvalue weighted by molar-refractivity contribution is 7.45. The van der Waals surface area contributed by atoms with Crippen LogP contribution in [0.15, 0.2) is 24.3 Å². The Morgan fingerprint density at radius 3 is 2.05 bits per heavy atom. The van der Waals surface area contributed by atoms with Crippen molar-refractivity contribution in [2.45, 2.75) is 122 Å². The summed E-state index contributed by atoms with van der Waals surface area (Å²) in [6, 6.07) is 0. The molecule has 0 saturated heterocycles. The molecule has 37 heavy (non-hydrogen) atoms. The summed E-state index contributed by atoms with van der Waals surface area (Å²) in [6.07, 6.45) is 23.7. The molecule has 1 aliphatic heterocycles. The molecule has 0 amide bonds. The van der Waals surface area contributed by atoms with E-state index in [9.17, 15) is 14.3 Å². The Balaban J connectivity index is 2.65. The molecule has 1 aliphatic rings. The SMILES string of the molecule is C[C@@H]1C/C=C/CC/C=C\CCCCCCCCCCCC[C@H](OP(=O)([O-])OCC[N+](C)(C)C)CC(=O)O1. The van der Waals surface area contributed by atoms with Crippen LogP contribution in [0.2, 0.25) is 0 Å².